The maximum absolute atomic E-state index is 10.7. The van der Waals surface area contributed by atoms with Gasteiger partial charge in [-0.3, -0.25) is 4.79 Å². The Morgan fingerprint density at radius 3 is 2.89 bits per heavy atom. The fourth-order valence-electron chi connectivity index (χ4n) is 2.11. The molecule has 6 nitrogen and oxygen atoms in total. The van der Waals surface area contributed by atoms with E-state index in [0.29, 0.717) is 24.8 Å². The van der Waals surface area contributed by atoms with Gasteiger partial charge in [0.1, 0.15) is 0 Å². The van der Waals surface area contributed by atoms with Crippen LogP contribution in [0.15, 0.2) is 4.42 Å². The molecular weight excluding hydrogens is 236 g/mol. The van der Waals surface area contributed by atoms with E-state index < -0.39 is 5.97 Å². The van der Waals surface area contributed by atoms with Crippen molar-refractivity contribution < 1.29 is 19.1 Å². The fourth-order valence-corrected chi connectivity index (χ4v) is 2.11. The standard InChI is InChI=1S/C12H18N2O4/c1-12(2,6-10(15)16)5-9-13-14-11(18-9)8-3-4-17-7-8/h8H,3-7H2,1-2H3,(H,15,16). The predicted molar refractivity (Wildman–Crippen MR) is 62.2 cm³/mol. The van der Waals surface area contributed by atoms with E-state index in [-0.39, 0.29) is 17.8 Å². The third kappa shape index (κ3) is 3.29. The molecule has 0 spiro atoms. The summed E-state index contributed by atoms with van der Waals surface area (Å²) >= 11 is 0. The summed E-state index contributed by atoms with van der Waals surface area (Å²) in [4.78, 5) is 10.7. The van der Waals surface area contributed by atoms with Crippen LogP contribution in [-0.2, 0) is 16.0 Å². The van der Waals surface area contributed by atoms with Gasteiger partial charge in [0.25, 0.3) is 0 Å². The minimum Gasteiger partial charge on any atom is -0.481 e. The lowest BCUT2D eigenvalue weighted by atomic mass is 9.86. The van der Waals surface area contributed by atoms with E-state index >= 15 is 0 Å². The summed E-state index contributed by atoms with van der Waals surface area (Å²) in [6.45, 7) is 5.11. The average molecular weight is 254 g/mol. The lowest BCUT2D eigenvalue weighted by Gasteiger charge is -2.19. The average Bonchev–Trinajstić information content (AvgIpc) is 2.82. The highest BCUT2D eigenvalue weighted by Crippen LogP contribution is 2.28. The molecule has 2 rings (SSSR count). The van der Waals surface area contributed by atoms with E-state index in [1.807, 2.05) is 13.8 Å². The molecule has 1 atom stereocenters. The second-order valence-corrected chi connectivity index (χ2v) is 5.51. The number of nitrogens with zero attached hydrogens (tertiary/aromatic N) is 2. The normalized spacial score (nSPS) is 20.2. The Bertz CT molecular complexity index is 421. The summed E-state index contributed by atoms with van der Waals surface area (Å²) < 4.78 is 10.9. The Balaban J connectivity index is 1.99. The predicted octanol–water partition coefficient (Wildman–Crippen LogP) is 1.62. The zero-order chi connectivity index (χ0) is 13.2. The van der Waals surface area contributed by atoms with Crippen LogP contribution < -0.4 is 0 Å². The van der Waals surface area contributed by atoms with Crippen LogP contribution in [-0.4, -0.2) is 34.5 Å². The number of hydrogen-bond donors (Lipinski definition) is 1. The second-order valence-electron chi connectivity index (χ2n) is 5.51. The van der Waals surface area contributed by atoms with Crippen molar-refractivity contribution in [2.24, 2.45) is 5.41 Å². The molecule has 0 aromatic carbocycles. The molecule has 0 saturated carbocycles. The molecule has 1 aliphatic rings. The number of carbonyl (C=O) groups is 1. The van der Waals surface area contributed by atoms with Crippen LogP contribution in [0, 0.1) is 5.41 Å². The van der Waals surface area contributed by atoms with Crippen molar-refractivity contribution >= 4 is 5.97 Å². The van der Waals surface area contributed by atoms with Gasteiger partial charge in [-0.25, -0.2) is 0 Å². The quantitative estimate of drug-likeness (QED) is 0.859. The Hall–Kier alpha value is -1.43. The Morgan fingerprint density at radius 1 is 1.50 bits per heavy atom. The van der Waals surface area contributed by atoms with Gasteiger partial charge in [0, 0.05) is 13.0 Å². The molecule has 2 heterocycles. The topological polar surface area (TPSA) is 85.5 Å². The van der Waals surface area contributed by atoms with Crippen molar-refractivity contribution in [1.29, 1.82) is 0 Å². The summed E-state index contributed by atoms with van der Waals surface area (Å²) in [5.41, 5.74) is -0.387. The zero-order valence-corrected chi connectivity index (χ0v) is 10.7. The van der Waals surface area contributed by atoms with Crippen molar-refractivity contribution in [2.45, 2.75) is 39.0 Å². The van der Waals surface area contributed by atoms with Crippen LogP contribution in [0.4, 0.5) is 0 Å². The minimum absolute atomic E-state index is 0.0806. The molecule has 0 amide bonds. The van der Waals surface area contributed by atoms with Crippen LogP contribution in [0.5, 0.6) is 0 Å². The minimum atomic E-state index is -0.816. The Kier molecular flexibility index (Phi) is 3.65. The maximum atomic E-state index is 10.7. The summed E-state index contributed by atoms with van der Waals surface area (Å²) in [5.74, 6) is 0.481. The first-order chi connectivity index (χ1) is 8.46. The number of rotatable bonds is 5. The van der Waals surface area contributed by atoms with Gasteiger partial charge < -0.3 is 14.3 Å². The summed E-state index contributed by atoms with van der Waals surface area (Å²) in [7, 11) is 0. The molecule has 1 aliphatic heterocycles. The van der Waals surface area contributed by atoms with Crippen molar-refractivity contribution in [3.63, 3.8) is 0 Å². The van der Waals surface area contributed by atoms with Gasteiger partial charge >= 0.3 is 5.97 Å². The number of ether oxygens (including phenoxy) is 1. The van der Waals surface area contributed by atoms with Gasteiger partial charge in [0.05, 0.1) is 18.9 Å². The first-order valence-corrected chi connectivity index (χ1v) is 6.08. The molecule has 0 aliphatic carbocycles. The van der Waals surface area contributed by atoms with E-state index in [2.05, 4.69) is 10.2 Å². The Morgan fingerprint density at radius 2 is 2.28 bits per heavy atom. The fraction of sp³-hybridized carbons (Fsp3) is 0.750. The highest BCUT2D eigenvalue weighted by Gasteiger charge is 2.27. The molecule has 1 fully saturated rings. The third-order valence-corrected chi connectivity index (χ3v) is 3.02. The molecule has 18 heavy (non-hydrogen) atoms. The van der Waals surface area contributed by atoms with Gasteiger partial charge in [0.2, 0.25) is 11.8 Å². The highest BCUT2D eigenvalue weighted by molar-refractivity contribution is 5.67. The number of carboxylic acids is 1. The van der Waals surface area contributed by atoms with Gasteiger partial charge in [-0.2, -0.15) is 0 Å². The summed E-state index contributed by atoms with van der Waals surface area (Å²) in [6, 6.07) is 0. The molecule has 100 valence electrons. The summed E-state index contributed by atoms with van der Waals surface area (Å²) in [5, 5.41) is 16.8. The van der Waals surface area contributed by atoms with E-state index in [9.17, 15) is 4.79 Å². The van der Waals surface area contributed by atoms with Crippen LogP contribution in [0.1, 0.15) is 44.4 Å². The van der Waals surface area contributed by atoms with Gasteiger partial charge in [-0.05, 0) is 11.8 Å². The number of aromatic nitrogens is 2. The molecule has 1 N–H and O–H groups in total. The smallest absolute Gasteiger partial charge is 0.303 e. The zero-order valence-electron chi connectivity index (χ0n) is 10.7. The van der Waals surface area contributed by atoms with E-state index in [4.69, 9.17) is 14.3 Å². The molecule has 6 heteroatoms. The van der Waals surface area contributed by atoms with E-state index in [1.165, 1.54) is 0 Å². The number of carboxylic acid groups (broad SMARTS) is 1. The van der Waals surface area contributed by atoms with Crippen LogP contribution in [0.25, 0.3) is 0 Å². The van der Waals surface area contributed by atoms with Gasteiger partial charge in [-0.15, -0.1) is 10.2 Å². The van der Waals surface area contributed by atoms with Gasteiger partial charge in [-0.1, -0.05) is 13.8 Å². The first kappa shape index (κ1) is 13.0. The Labute approximate surface area is 105 Å². The van der Waals surface area contributed by atoms with E-state index in [0.717, 1.165) is 13.0 Å². The van der Waals surface area contributed by atoms with Crippen LogP contribution in [0.2, 0.25) is 0 Å². The van der Waals surface area contributed by atoms with Crippen molar-refractivity contribution in [3.8, 4) is 0 Å². The number of hydrogen-bond acceptors (Lipinski definition) is 5. The van der Waals surface area contributed by atoms with Crippen molar-refractivity contribution in [2.75, 3.05) is 13.2 Å². The molecular formula is C12H18N2O4. The summed E-state index contributed by atoms with van der Waals surface area (Å²) in [6.07, 6.45) is 1.46. The van der Waals surface area contributed by atoms with Gasteiger partial charge in [0.15, 0.2) is 0 Å². The molecule has 0 bridgehead atoms. The molecule has 1 unspecified atom stereocenters. The SMILES string of the molecule is CC(C)(CC(=O)O)Cc1nnc(C2CCOC2)o1. The first-order valence-electron chi connectivity index (χ1n) is 6.08. The van der Waals surface area contributed by atoms with Crippen LogP contribution in [0.3, 0.4) is 0 Å². The molecule has 1 aromatic rings. The third-order valence-electron chi connectivity index (χ3n) is 3.02. The lowest BCUT2D eigenvalue weighted by molar-refractivity contribution is -0.139. The lowest BCUT2D eigenvalue weighted by Crippen LogP contribution is -2.19. The van der Waals surface area contributed by atoms with Crippen LogP contribution >= 0.6 is 0 Å². The molecule has 1 aromatic heterocycles. The maximum Gasteiger partial charge on any atom is 0.303 e. The van der Waals surface area contributed by atoms with Crippen molar-refractivity contribution in [1.82, 2.24) is 10.2 Å². The largest absolute Gasteiger partial charge is 0.481 e. The van der Waals surface area contributed by atoms with Crippen molar-refractivity contribution in [3.05, 3.63) is 11.8 Å². The monoisotopic (exact) mass is 254 g/mol. The highest BCUT2D eigenvalue weighted by atomic mass is 16.5. The molecule has 0 radical (unpaired) electrons. The van der Waals surface area contributed by atoms with E-state index in [1.54, 1.807) is 0 Å². The molecule has 1 saturated heterocycles. The second kappa shape index (κ2) is 5.06. The number of aliphatic carboxylic acids is 1.